The Balaban J connectivity index is 1.51. The molecule has 2 aromatic carbocycles. The van der Waals surface area contributed by atoms with E-state index in [4.69, 9.17) is 0 Å². The number of hydrogen-bond donors (Lipinski definition) is 3. The van der Waals surface area contributed by atoms with E-state index in [1.807, 2.05) is 50.2 Å². The van der Waals surface area contributed by atoms with Crippen molar-refractivity contribution in [2.45, 2.75) is 26.2 Å². The summed E-state index contributed by atoms with van der Waals surface area (Å²) in [6, 6.07) is 11.7. The van der Waals surface area contributed by atoms with Crippen molar-refractivity contribution in [1.29, 1.82) is 0 Å². The molecule has 3 N–H and O–H groups in total. The van der Waals surface area contributed by atoms with Crippen LogP contribution in [-0.4, -0.2) is 39.8 Å². The number of nitrogens with one attached hydrogen (secondary N) is 3. The quantitative estimate of drug-likeness (QED) is 0.650. The van der Waals surface area contributed by atoms with E-state index < -0.39 is 0 Å². The average Bonchev–Trinajstić information content (AvgIpc) is 3.22. The Labute approximate surface area is 161 Å². The van der Waals surface area contributed by atoms with Crippen LogP contribution in [0.1, 0.15) is 29.0 Å². The first-order chi connectivity index (χ1) is 13.4. The van der Waals surface area contributed by atoms with Gasteiger partial charge in [-0.05, 0) is 36.6 Å². The SMILES string of the molecule is Cc1cc2[nH]c(=O)[nH]c2c(NC(=O)CN2CC(c3ccccc3)CC2=O)c1C. The largest absolute Gasteiger partial charge is 0.333 e. The molecule has 3 aromatic rings. The number of aromatic amines is 2. The summed E-state index contributed by atoms with van der Waals surface area (Å²) in [5.74, 6) is -0.195. The van der Waals surface area contributed by atoms with Gasteiger partial charge in [0.2, 0.25) is 11.8 Å². The van der Waals surface area contributed by atoms with Crippen LogP contribution in [0, 0.1) is 13.8 Å². The molecule has 1 saturated heterocycles. The van der Waals surface area contributed by atoms with Gasteiger partial charge < -0.3 is 20.2 Å². The first-order valence-electron chi connectivity index (χ1n) is 9.27. The van der Waals surface area contributed by atoms with Gasteiger partial charge in [0.25, 0.3) is 0 Å². The lowest BCUT2D eigenvalue weighted by Gasteiger charge is -2.18. The van der Waals surface area contributed by atoms with Crippen molar-refractivity contribution in [3.05, 3.63) is 63.6 Å². The summed E-state index contributed by atoms with van der Waals surface area (Å²) in [4.78, 5) is 43.7. The summed E-state index contributed by atoms with van der Waals surface area (Å²) >= 11 is 0. The first kappa shape index (κ1) is 18.0. The standard InChI is InChI=1S/C21H22N4O3/c1-12-8-16-20(24-21(28)22-16)19(13(12)2)23-17(26)11-25-10-15(9-18(25)27)14-6-4-3-5-7-14/h3-8,15H,9-11H2,1-2H3,(H,23,26)(H2,22,24,28). The fraction of sp³-hybridized carbons (Fsp3) is 0.286. The van der Waals surface area contributed by atoms with Gasteiger partial charge in [-0.25, -0.2) is 4.79 Å². The van der Waals surface area contributed by atoms with Gasteiger partial charge in [0.05, 0.1) is 23.3 Å². The molecular formula is C21H22N4O3. The molecule has 0 spiro atoms. The van der Waals surface area contributed by atoms with E-state index in [1.54, 1.807) is 4.90 Å². The molecule has 0 bridgehead atoms. The van der Waals surface area contributed by atoms with Crippen molar-refractivity contribution in [3.63, 3.8) is 0 Å². The Morgan fingerprint density at radius 2 is 1.93 bits per heavy atom. The van der Waals surface area contributed by atoms with E-state index in [1.165, 1.54) is 0 Å². The number of hydrogen-bond acceptors (Lipinski definition) is 3. The number of benzene rings is 2. The summed E-state index contributed by atoms with van der Waals surface area (Å²) in [5.41, 5.74) is 4.41. The molecule has 1 atom stereocenters. The molecule has 1 fully saturated rings. The molecule has 7 heteroatoms. The predicted octanol–water partition coefficient (Wildman–Crippen LogP) is 2.43. The van der Waals surface area contributed by atoms with Crippen molar-refractivity contribution in [2.75, 3.05) is 18.4 Å². The fourth-order valence-corrected chi connectivity index (χ4v) is 3.79. The van der Waals surface area contributed by atoms with E-state index in [-0.39, 0.29) is 30.0 Å². The third kappa shape index (κ3) is 3.31. The highest BCUT2D eigenvalue weighted by atomic mass is 16.2. The van der Waals surface area contributed by atoms with Crippen molar-refractivity contribution >= 4 is 28.5 Å². The summed E-state index contributed by atoms with van der Waals surface area (Å²) in [7, 11) is 0. The van der Waals surface area contributed by atoms with Crippen molar-refractivity contribution in [2.24, 2.45) is 0 Å². The van der Waals surface area contributed by atoms with Crippen LogP contribution in [0.4, 0.5) is 5.69 Å². The zero-order chi connectivity index (χ0) is 19.8. The Hall–Kier alpha value is -3.35. The van der Waals surface area contributed by atoms with Gasteiger partial charge in [-0.1, -0.05) is 30.3 Å². The highest BCUT2D eigenvalue weighted by molar-refractivity contribution is 6.02. The van der Waals surface area contributed by atoms with Gasteiger partial charge in [0, 0.05) is 18.9 Å². The van der Waals surface area contributed by atoms with E-state index in [2.05, 4.69) is 15.3 Å². The molecule has 144 valence electrons. The first-order valence-corrected chi connectivity index (χ1v) is 9.27. The number of carbonyl (C=O) groups excluding carboxylic acids is 2. The number of fused-ring (bicyclic) bond motifs is 1. The number of anilines is 1. The maximum absolute atomic E-state index is 12.7. The zero-order valence-electron chi connectivity index (χ0n) is 15.8. The van der Waals surface area contributed by atoms with E-state index in [0.29, 0.717) is 29.7 Å². The van der Waals surface area contributed by atoms with Crippen LogP contribution in [0.2, 0.25) is 0 Å². The molecule has 28 heavy (non-hydrogen) atoms. The van der Waals surface area contributed by atoms with Crippen LogP contribution in [-0.2, 0) is 9.59 Å². The topological polar surface area (TPSA) is 98.1 Å². The average molecular weight is 378 g/mol. The summed E-state index contributed by atoms with van der Waals surface area (Å²) in [6.07, 6.45) is 0.413. The van der Waals surface area contributed by atoms with Crippen molar-refractivity contribution in [3.8, 4) is 0 Å². The smallest absolute Gasteiger partial charge is 0.323 e. The summed E-state index contributed by atoms with van der Waals surface area (Å²) in [5, 5.41) is 2.89. The molecule has 0 aliphatic carbocycles. The lowest BCUT2D eigenvalue weighted by atomic mass is 9.99. The fourth-order valence-electron chi connectivity index (χ4n) is 3.79. The number of rotatable bonds is 4. The minimum Gasteiger partial charge on any atom is -0.333 e. The molecule has 4 rings (SSSR count). The number of nitrogens with zero attached hydrogens (tertiary/aromatic N) is 1. The number of aryl methyl sites for hydroxylation is 1. The van der Waals surface area contributed by atoms with Gasteiger partial charge in [-0.2, -0.15) is 0 Å². The van der Waals surface area contributed by atoms with E-state index in [0.717, 1.165) is 16.7 Å². The molecule has 0 radical (unpaired) electrons. The van der Waals surface area contributed by atoms with Crippen LogP contribution in [0.5, 0.6) is 0 Å². The molecule has 1 aliphatic heterocycles. The second-order valence-corrected chi connectivity index (χ2v) is 7.33. The van der Waals surface area contributed by atoms with Crippen molar-refractivity contribution in [1.82, 2.24) is 14.9 Å². The van der Waals surface area contributed by atoms with Crippen LogP contribution in [0.25, 0.3) is 11.0 Å². The van der Waals surface area contributed by atoms with Gasteiger partial charge in [0.1, 0.15) is 0 Å². The Morgan fingerprint density at radius 3 is 2.68 bits per heavy atom. The Kier molecular flexibility index (Phi) is 4.50. The maximum atomic E-state index is 12.7. The summed E-state index contributed by atoms with van der Waals surface area (Å²) in [6.45, 7) is 4.33. The molecule has 1 unspecified atom stereocenters. The van der Waals surface area contributed by atoms with Crippen LogP contribution >= 0.6 is 0 Å². The number of amides is 2. The molecule has 0 saturated carbocycles. The number of carbonyl (C=O) groups is 2. The van der Waals surface area contributed by atoms with Gasteiger partial charge in [-0.3, -0.25) is 9.59 Å². The molecule has 1 aliphatic rings. The van der Waals surface area contributed by atoms with Gasteiger partial charge in [-0.15, -0.1) is 0 Å². The minimum absolute atomic E-state index is 0.00824. The monoisotopic (exact) mass is 378 g/mol. The number of aromatic nitrogens is 2. The highest BCUT2D eigenvalue weighted by Gasteiger charge is 2.31. The number of likely N-dealkylation sites (tertiary alicyclic amines) is 1. The molecule has 1 aromatic heterocycles. The zero-order valence-corrected chi connectivity index (χ0v) is 15.8. The van der Waals surface area contributed by atoms with Crippen LogP contribution in [0.3, 0.4) is 0 Å². The third-order valence-corrected chi connectivity index (χ3v) is 5.42. The predicted molar refractivity (Wildman–Crippen MR) is 107 cm³/mol. The van der Waals surface area contributed by atoms with Crippen LogP contribution in [0.15, 0.2) is 41.2 Å². The maximum Gasteiger partial charge on any atom is 0.323 e. The molecule has 2 heterocycles. The molecule has 2 amide bonds. The normalized spacial score (nSPS) is 16.7. The molecular weight excluding hydrogens is 356 g/mol. The Morgan fingerprint density at radius 1 is 1.18 bits per heavy atom. The lowest BCUT2D eigenvalue weighted by molar-refractivity contribution is -0.131. The Bertz CT molecular complexity index is 1110. The van der Waals surface area contributed by atoms with Crippen LogP contribution < -0.4 is 11.0 Å². The third-order valence-electron chi connectivity index (χ3n) is 5.42. The second kappa shape index (κ2) is 6.99. The highest BCUT2D eigenvalue weighted by Crippen LogP contribution is 2.29. The number of imidazole rings is 1. The van der Waals surface area contributed by atoms with Crippen molar-refractivity contribution < 1.29 is 9.59 Å². The van der Waals surface area contributed by atoms with E-state index in [9.17, 15) is 14.4 Å². The minimum atomic E-state index is -0.323. The second-order valence-electron chi connectivity index (χ2n) is 7.33. The van der Waals surface area contributed by atoms with E-state index >= 15 is 0 Å². The van der Waals surface area contributed by atoms with Gasteiger partial charge >= 0.3 is 5.69 Å². The summed E-state index contributed by atoms with van der Waals surface area (Å²) < 4.78 is 0. The van der Waals surface area contributed by atoms with Gasteiger partial charge in [0.15, 0.2) is 0 Å². The lowest BCUT2D eigenvalue weighted by Crippen LogP contribution is -2.34. The molecule has 7 nitrogen and oxygen atoms in total. The number of H-pyrrole nitrogens is 2.